The van der Waals surface area contributed by atoms with Crippen molar-refractivity contribution in [3.8, 4) is 0 Å². The molecule has 0 spiro atoms. The lowest BCUT2D eigenvalue weighted by Crippen LogP contribution is -2.36. The molecule has 6 heteroatoms. The maximum Gasteiger partial charge on any atom is 0.317 e. The number of rotatable bonds is 8. The van der Waals surface area contributed by atoms with E-state index in [1.807, 2.05) is 6.92 Å². The Hall–Kier alpha value is -1.14. The highest BCUT2D eigenvalue weighted by Gasteiger charge is 2.12. The minimum Gasteiger partial charge on any atom is -0.480 e. The van der Waals surface area contributed by atoms with Gasteiger partial charge in [-0.15, -0.1) is 0 Å². The van der Waals surface area contributed by atoms with E-state index in [2.05, 4.69) is 0 Å². The Balaban J connectivity index is 3.84. The summed E-state index contributed by atoms with van der Waals surface area (Å²) in [5.74, 6) is -2.08. The van der Waals surface area contributed by atoms with Crippen molar-refractivity contribution in [3.05, 3.63) is 0 Å². The van der Waals surface area contributed by atoms with E-state index in [-0.39, 0.29) is 13.1 Å². The third-order valence-electron chi connectivity index (χ3n) is 1.47. The van der Waals surface area contributed by atoms with E-state index in [4.69, 9.17) is 14.9 Å². The van der Waals surface area contributed by atoms with Crippen LogP contribution in [0.25, 0.3) is 0 Å². The highest BCUT2D eigenvalue weighted by molar-refractivity contribution is 5.72. The maximum absolute atomic E-state index is 10.3. The van der Waals surface area contributed by atoms with Gasteiger partial charge in [-0.25, -0.2) is 0 Å². The Labute approximate surface area is 82.1 Å². The summed E-state index contributed by atoms with van der Waals surface area (Å²) >= 11 is 0. The first-order valence-electron chi connectivity index (χ1n) is 4.30. The molecular formula is C8H15NO5. The zero-order valence-electron chi connectivity index (χ0n) is 8.10. The van der Waals surface area contributed by atoms with Crippen molar-refractivity contribution in [2.45, 2.75) is 6.92 Å². The number of hydrogen-bond donors (Lipinski definition) is 2. The second-order valence-corrected chi connectivity index (χ2v) is 2.70. The molecule has 0 rings (SSSR count). The van der Waals surface area contributed by atoms with Gasteiger partial charge in [0.1, 0.15) is 0 Å². The first kappa shape index (κ1) is 12.9. The third-order valence-corrected chi connectivity index (χ3v) is 1.47. The molecule has 0 fully saturated rings. The smallest absolute Gasteiger partial charge is 0.317 e. The van der Waals surface area contributed by atoms with Gasteiger partial charge in [0.15, 0.2) is 0 Å². The van der Waals surface area contributed by atoms with E-state index in [0.29, 0.717) is 19.8 Å². The molecule has 14 heavy (non-hydrogen) atoms. The van der Waals surface area contributed by atoms with Crippen molar-refractivity contribution < 1.29 is 24.5 Å². The molecule has 82 valence electrons. The molecule has 6 nitrogen and oxygen atoms in total. The Bertz CT molecular complexity index is 178. The van der Waals surface area contributed by atoms with E-state index in [1.165, 1.54) is 4.90 Å². The van der Waals surface area contributed by atoms with Crippen LogP contribution in [0, 0.1) is 0 Å². The normalized spacial score (nSPS) is 10.4. The molecule has 0 aromatic rings. The topological polar surface area (TPSA) is 87.1 Å². The summed E-state index contributed by atoms with van der Waals surface area (Å²) in [4.78, 5) is 22.0. The van der Waals surface area contributed by atoms with E-state index in [1.54, 1.807) is 0 Å². The van der Waals surface area contributed by atoms with Crippen LogP contribution in [0.4, 0.5) is 0 Å². The van der Waals surface area contributed by atoms with Crippen LogP contribution in [0.2, 0.25) is 0 Å². The van der Waals surface area contributed by atoms with Crippen LogP contribution in [0.1, 0.15) is 6.92 Å². The fraction of sp³-hybridized carbons (Fsp3) is 0.750. The Morgan fingerprint density at radius 3 is 2.07 bits per heavy atom. The van der Waals surface area contributed by atoms with Gasteiger partial charge in [0.05, 0.1) is 19.7 Å². The first-order chi connectivity index (χ1) is 6.56. The Morgan fingerprint density at radius 2 is 1.71 bits per heavy atom. The molecule has 0 radical (unpaired) electrons. The standard InChI is InChI=1S/C8H15NO5/c1-2-14-4-3-9(5-7(10)11)6-8(12)13/h2-6H2,1H3,(H,10,11)(H,12,13). The number of carboxylic acid groups (broad SMARTS) is 2. The zero-order valence-corrected chi connectivity index (χ0v) is 8.10. The molecular weight excluding hydrogens is 190 g/mol. The van der Waals surface area contributed by atoms with Crippen LogP contribution in [0.3, 0.4) is 0 Å². The van der Waals surface area contributed by atoms with E-state index < -0.39 is 11.9 Å². The van der Waals surface area contributed by atoms with Crippen molar-refractivity contribution in [2.24, 2.45) is 0 Å². The summed E-state index contributed by atoms with van der Waals surface area (Å²) in [7, 11) is 0. The van der Waals surface area contributed by atoms with Crippen molar-refractivity contribution >= 4 is 11.9 Å². The predicted molar refractivity (Wildman–Crippen MR) is 48.2 cm³/mol. The lowest BCUT2D eigenvalue weighted by atomic mass is 10.4. The van der Waals surface area contributed by atoms with Crippen molar-refractivity contribution in [1.29, 1.82) is 0 Å². The van der Waals surface area contributed by atoms with Gasteiger partial charge in [0.2, 0.25) is 0 Å². The largest absolute Gasteiger partial charge is 0.480 e. The number of hydrogen-bond acceptors (Lipinski definition) is 4. The van der Waals surface area contributed by atoms with Crippen LogP contribution in [-0.4, -0.2) is 59.9 Å². The van der Waals surface area contributed by atoms with E-state index in [0.717, 1.165) is 0 Å². The van der Waals surface area contributed by atoms with Gasteiger partial charge in [-0.2, -0.15) is 0 Å². The summed E-state index contributed by atoms with van der Waals surface area (Å²) in [6, 6.07) is 0. The van der Waals surface area contributed by atoms with Crippen LogP contribution < -0.4 is 0 Å². The molecule has 0 saturated heterocycles. The molecule has 0 aliphatic carbocycles. The summed E-state index contributed by atoms with van der Waals surface area (Å²) in [6.07, 6.45) is 0. The van der Waals surface area contributed by atoms with Gasteiger partial charge in [-0.3, -0.25) is 14.5 Å². The summed E-state index contributed by atoms with van der Waals surface area (Å²) in [5.41, 5.74) is 0. The molecule has 0 amide bonds. The molecule has 0 saturated carbocycles. The minimum absolute atomic E-state index is 0.278. The first-order valence-corrected chi connectivity index (χ1v) is 4.30. The fourth-order valence-electron chi connectivity index (χ4n) is 0.935. The molecule has 0 atom stereocenters. The maximum atomic E-state index is 10.3. The van der Waals surface area contributed by atoms with Gasteiger partial charge in [-0.1, -0.05) is 0 Å². The molecule has 2 N–H and O–H groups in total. The second kappa shape index (κ2) is 7.28. The molecule has 0 unspecified atom stereocenters. The van der Waals surface area contributed by atoms with E-state index in [9.17, 15) is 9.59 Å². The lowest BCUT2D eigenvalue weighted by Gasteiger charge is -2.17. The SMILES string of the molecule is CCOCCN(CC(=O)O)CC(=O)O. The van der Waals surface area contributed by atoms with Gasteiger partial charge >= 0.3 is 11.9 Å². The van der Waals surface area contributed by atoms with Crippen molar-refractivity contribution in [2.75, 3.05) is 32.8 Å². The molecule has 0 aromatic heterocycles. The summed E-state index contributed by atoms with van der Waals surface area (Å²) in [6.45, 7) is 2.45. The van der Waals surface area contributed by atoms with E-state index >= 15 is 0 Å². The number of ether oxygens (including phenoxy) is 1. The Morgan fingerprint density at radius 1 is 1.21 bits per heavy atom. The molecule has 0 aromatic carbocycles. The van der Waals surface area contributed by atoms with Gasteiger partial charge < -0.3 is 14.9 Å². The van der Waals surface area contributed by atoms with Crippen LogP contribution in [0.5, 0.6) is 0 Å². The lowest BCUT2D eigenvalue weighted by molar-refractivity contribution is -0.142. The molecule has 0 aliphatic heterocycles. The van der Waals surface area contributed by atoms with Gasteiger partial charge in [0.25, 0.3) is 0 Å². The van der Waals surface area contributed by atoms with Crippen LogP contribution in [0.15, 0.2) is 0 Å². The molecule has 0 heterocycles. The number of nitrogens with zero attached hydrogens (tertiary/aromatic N) is 1. The van der Waals surface area contributed by atoms with Gasteiger partial charge in [0, 0.05) is 13.2 Å². The molecule has 0 aliphatic rings. The summed E-state index contributed by atoms with van der Waals surface area (Å²) in [5, 5.41) is 17.0. The number of carboxylic acids is 2. The van der Waals surface area contributed by atoms with Crippen LogP contribution in [-0.2, 0) is 14.3 Å². The Kier molecular flexibility index (Phi) is 6.69. The quantitative estimate of drug-likeness (QED) is 0.519. The van der Waals surface area contributed by atoms with Gasteiger partial charge in [-0.05, 0) is 6.92 Å². The van der Waals surface area contributed by atoms with Crippen molar-refractivity contribution in [1.82, 2.24) is 4.90 Å². The summed E-state index contributed by atoms with van der Waals surface area (Å²) < 4.78 is 5.00. The number of aliphatic carboxylic acids is 2. The second-order valence-electron chi connectivity index (χ2n) is 2.70. The average molecular weight is 205 g/mol. The van der Waals surface area contributed by atoms with Crippen molar-refractivity contribution in [3.63, 3.8) is 0 Å². The zero-order chi connectivity index (χ0) is 11.0. The highest BCUT2D eigenvalue weighted by atomic mass is 16.5. The fourth-order valence-corrected chi connectivity index (χ4v) is 0.935. The number of carbonyl (C=O) groups is 2. The average Bonchev–Trinajstić information content (AvgIpc) is 2.02. The third kappa shape index (κ3) is 7.51. The minimum atomic E-state index is -1.04. The predicted octanol–water partition coefficient (Wildman–Crippen LogP) is -0.506. The van der Waals surface area contributed by atoms with Crippen LogP contribution >= 0.6 is 0 Å². The molecule has 0 bridgehead atoms. The highest BCUT2D eigenvalue weighted by Crippen LogP contribution is 1.89. The monoisotopic (exact) mass is 205 g/mol.